The minimum absolute atomic E-state index is 0.145. The van der Waals surface area contributed by atoms with Gasteiger partial charge in [0.15, 0.2) is 0 Å². The van der Waals surface area contributed by atoms with Crippen LogP contribution in [0.1, 0.15) is 18.1 Å². The fraction of sp³-hybridized carbons (Fsp3) is 0.0938. The fourth-order valence-corrected chi connectivity index (χ4v) is 7.08. The quantitative estimate of drug-likeness (QED) is 0.357. The Morgan fingerprint density at radius 2 is 1.38 bits per heavy atom. The van der Waals surface area contributed by atoms with E-state index in [1.165, 1.54) is 16.3 Å². The number of hydrogen-bond donors (Lipinski definition) is 0. The van der Waals surface area contributed by atoms with E-state index < -0.39 is 0 Å². The van der Waals surface area contributed by atoms with Gasteiger partial charge in [-0.25, -0.2) is 0 Å². The van der Waals surface area contributed by atoms with Crippen molar-refractivity contribution in [2.24, 2.45) is 12.1 Å². The summed E-state index contributed by atoms with van der Waals surface area (Å²) in [6.07, 6.45) is 3.84. The molecule has 0 N–H and O–H groups in total. The van der Waals surface area contributed by atoms with Crippen molar-refractivity contribution < 1.29 is 4.79 Å². The van der Waals surface area contributed by atoms with E-state index in [1.807, 2.05) is 85.9 Å². The first-order chi connectivity index (χ1) is 19.4. The Balaban J connectivity index is 1.41. The molecule has 6 nitrogen and oxygen atoms in total. The number of benzene rings is 3. The minimum atomic E-state index is -0.235. The molecule has 3 heterocycles. The van der Waals surface area contributed by atoms with Crippen LogP contribution in [-0.2, 0) is 11.8 Å². The van der Waals surface area contributed by atoms with Crippen LogP contribution in [0.25, 0.3) is 22.3 Å². The van der Waals surface area contributed by atoms with E-state index in [2.05, 4.69) is 34.3 Å². The van der Waals surface area contributed by atoms with Crippen LogP contribution in [0.3, 0.4) is 0 Å². The lowest BCUT2D eigenvalue weighted by molar-refractivity contribution is -0.112. The van der Waals surface area contributed by atoms with Gasteiger partial charge in [-0.2, -0.15) is 10.1 Å². The molecule has 0 radical (unpaired) electrons. The van der Waals surface area contributed by atoms with Crippen molar-refractivity contribution in [2.75, 3.05) is 12.1 Å². The van der Waals surface area contributed by atoms with Gasteiger partial charge < -0.3 is 9.47 Å². The average molecular weight is 563 g/mol. The molecule has 3 aromatic carbocycles. The number of amides is 1. The van der Waals surface area contributed by atoms with E-state index in [-0.39, 0.29) is 11.5 Å². The van der Waals surface area contributed by atoms with Crippen molar-refractivity contribution in [3.8, 4) is 0 Å². The van der Waals surface area contributed by atoms with Crippen LogP contribution in [0.4, 0.5) is 5.69 Å². The molecule has 1 amide bonds. The van der Waals surface area contributed by atoms with E-state index in [0.717, 1.165) is 26.8 Å². The second-order valence-corrected chi connectivity index (χ2v) is 11.5. The number of thioether (sulfide) groups is 1. The lowest BCUT2D eigenvalue weighted by Crippen LogP contribution is -2.32. The molecule has 6 rings (SSSR count). The highest BCUT2D eigenvalue weighted by Crippen LogP contribution is 2.49. The van der Waals surface area contributed by atoms with Gasteiger partial charge in [0.1, 0.15) is 4.66 Å². The van der Waals surface area contributed by atoms with Gasteiger partial charge in [-0.15, -0.1) is 11.3 Å². The van der Waals surface area contributed by atoms with Gasteiger partial charge in [0.2, 0.25) is 0 Å². The van der Waals surface area contributed by atoms with Gasteiger partial charge in [-0.05, 0) is 42.3 Å². The standard InChI is InChI=1S/C32H26N4O2S2/c1-21-27(31(38)36(33-21)24-17-11-6-12-18-24)32-35(3)30(37)25(39-32)19-20-26-34(2)28(22-13-7-4-8-14-22)29(40-26)23-15-9-5-10-16-23/h4-20H,1-3H3/b25-19-,26-20+,32-27-. The van der Waals surface area contributed by atoms with Gasteiger partial charge >= 0.3 is 0 Å². The van der Waals surface area contributed by atoms with E-state index in [9.17, 15) is 9.59 Å². The molecule has 0 fully saturated rings. The molecule has 40 heavy (non-hydrogen) atoms. The molecule has 0 aliphatic carbocycles. The first-order valence-corrected chi connectivity index (χ1v) is 14.4. The zero-order valence-corrected chi connectivity index (χ0v) is 23.9. The monoisotopic (exact) mass is 562 g/mol. The maximum Gasteiger partial charge on any atom is 0.283 e. The first-order valence-electron chi connectivity index (χ1n) is 12.8. The summed E-state index contributed by atoms with van der Waals surface area (Å²) in [5.41, 5.74) is 4.98. The van der Waals surface area contributed by atoms with E-state index in [1.54, 1.807) is 30.3 Å². The summed E-state index contributed by atoms with van der Waals surface area (Å²) in [7, 11) is 3.75. The summed E-state index contributed by atoms with van der Waals surface area (Å²) < 4.78 is 2.70. The number of aromatic nitrogens is 1. The SMILES string of the molecule is CC1=NN(c2ccccc2)C(=O)/C1=c1\s/c(=C\C=C2\SC(c3ccccc3)=C(c3ccccc3)N2C)c(=O)n1C. The predicted molar refractivity (Wildman–Crippen MR) is 167 cm³/mol. The molecule has 0 bridgehead atoms. The van der Waals surface area contributed by atoms with Gasteiger partial charge in [0.05, 0.1) is 32.2 Å². The third-order valence-corrected chi connectivity index (χ3v) is 9.26. The summed E-state index contributed by atoms with van der Waals surface area (Å²) in [6, 6.07) is 30.0. The van der Waals surface area contributed by atoms with Gasteiger partial charge in [0, 0.05) is 19.0 Å². The van der Waals surface area contributed by atoms with Crippen LogP contribution in [0, 0.1) is 0 Å². The van der Waals surface area contributed by atoms with Crippen molar-refractivity contribution in [2.45, 2.75) is 6.92 Å². The van der Waals surface area contributed by atoms with Gasteiger partial charge in [0.25, 0.3) is 11.5 Å². The Kier molecular flexibility index (Phi) is 6.88. The first kappa shape index (κ1) is 25.9. The van der Waals surface area contributed by atoms with Gasteiger partial charge in [-0.3, -0.25) is 9.59 Å². The van der Waals surface area contributed by atoms with E-state index in [0.29, 0.717) is 26.2 Å². The summed E-state index contributed by atoms with van der Waals surface area (Å²) in [6.45, 7) is 1.80. The Morgan fingerprint density at radius 3 is 2.02 bits per heavy atom. The third-order valence-electron chi connectivity index (χ3n) is 6.81. The Morgan fingerprint density at radius 1 is 0.775 bits per heavy atom. The maximum atomic E-state index is 13.4. The number of rotatable bonds is 4. The zero-order valence-electron chi connectivity index (χ0n) is 22.2. The smallest absolute Gasteiger partial charge is 0.283 e. The van der Waals surface area contributed by atoms with Crippen molar-refractivity contribution in [1.29, 1.82) is 0 Å². The molecule has 2 aliphatic heterocycles. The number of hydrogen-bond acceptors (Lipinski definition) is 6. The summed E-state index contributed by atoms with van der Waals surface area (Å²) in [4.78, 5) is 30.0. The molecule has 198 valence electrons. The largest absolute Gasteiger partial charge is 0.338 e. The fourth-order valence-electron chi connectivity index (χ4n) is 4.78. The van der Waals surface area contributed by atoms with Crippen LogP contribution >= 0.6 is 23.1 Å². The number of carbonyl (C=O) groups is 1. The Hall–Kier alpha value is -4.40. The average Bonchev–Trinajstić information content (AvgIpc) is 3.58. The molecule has 0 atom stereocenters. The van der Waals surface area contributed by atoms with Crippen molar-refractivity contribution >= 4 is 62.7 Å². The van der Waals surface area contributed by atoms with Crippen molar-refractivity contribution in [3.05, 3.63) is 133 Å². The molecular weight excluding hydrogens is 537 g/mol. The topological polar surface area (TPSA) is 57.9 Å². The molecule has 8 heteroatoms. The van der Waals surface area contributed by atoms with Crippen LogP contribution in [-0.4, -0.2) is 28.1 Å². The Labute approximate surface area is 240 Å². The zero-order chi connectivity index (χ0) is 27.8. The van der Waals surface area contributed by atoms with Crippen LogP contribution in [0.15, 0.2) is 112 Å². The van der Waals surface area contributed by atoms with Gasteiger partial charge in [-0.1, -0.05) is 90.6 Å². The molecule has 0 spiro atoms. The number of anilines is 1. The number of carbonyl (C=O) groups excluding carboxylic acids is 1. The number of nitrogens with zero attached hydrogens (tertiary/aromatic N) is 4. The third kappa shape index (κ3) is 4.55. The molecule has 0 saturated heterocycles. The molecule has 0 unspecified atom stereocenters. The second-order valence-electron chi connectivity index (χ2n) is 9.39. The number of thiazole rings is 1. The molecule has 0 saturated carbocycles. The predicted octanol–water partition coefficient (Wildman–Crippen LogP) is 4.85. The van der Waals surface area contributed by atoms with Crippen molar-refractivity contribution in [1.82, 2.24) is 9.47 Å². The highest BCUT2D eigenvalue weighted by atomic mass is 32.2. The highest BCUT2D eigenvalue weighted by molar-refractivity contribution is 8.12. The molecular formula is C32H26N4O2S2. The second kappa shape index (κ2) is 10.6. The lowest BCUT2D eigenvalue weighted by Gasteiger charge is -2.17. The number of para-hydroxylation sites is 1. The minimum Gasteiger partial charge on any atom is -0.338 e. The maximum absolute atomic E-state index is 13.4. The number of hydrazone groups is 1. The van der Waals surface area contributed by atoms with Crippen molar-refractivity contribution in [3.63, 3.8) is 0 Å². The molecule has 1 aromatic heterocycles. The molecule has 2 aliphatic rings. The van der Waals surface area contributed by atoms with E-state index in [4.69, 9.17) is 0 Å². The van der Waals surface area contributed by atoms with E-state index >= 15 is 0 Å². The molecule has 4 aromatic rings. The summed E-state index contributed by atoms with van der Waals surface area (Å²) in [5.74, 6) is -0.235. The van der Waals surface area contributed by atoms with Crippen LogP contribution in [0.5, 0.6) is 0 Å². The Bertz CT molecular complexity index is 1890. The van der Waals surface area contributed by atoms with Crippen LogP contribution in [0.2, 0.25) is 0 Å². The summed E-state index contributed by atoms with van der Waals surface area (Å²) in [5, 5.41) is 6.89. The van der Waals surface area contributed by atoms with Crippen LogP contribution < -0.4 is 19.8 Å². The normalized spacial score (nSPS) is 18.4. The summed E-state index contributed by atoms with van der Waals surface area (Å²) >= 11 is 2.99. The highest BCUT2D eigenvalue weighted by Gasteiger charge is 2.31. The lowest BCUT2D eigenvalue weighted by atomic mass is 10.1. The number of allylic oxidation sites excluding steroid dienone is 1.